The lowest BCUT2D eigenvalue weighted by atomic mass is 10.4. The maximum atomic E-state index is 5.12. The predicted molar refractivity (Wildman–Crippen MR) is 76.0 cm³/mol. The van der Waals surface area contributed by atoms with Gasteiger partial charge in [-0.2, -0.15) is 11.8 Å². The summed E-state index contributed by atoms with van der Waals surface area (Å²) in [6.07, 6.45) is 1.80. The number of nitrogens with two attached hydrogens (primary N) is 1. The second-order valence-corrected chi connectivity index (χ2v) is 5.25. The highest BCUT2D eigenvalue weighted by atomic mass is 79.9. The van der Waals surface area contributed by atoms with E-state index in [-0.39, 0.29) is 0 Å². The molecular weight excluding hydrogens is 308 g/mol. The number of hydrazine groups is 1. The zero-order chi connectivity index (χ0) is 11.8. The molecule has 1 aromatic heterocycles. The van der Waals surface area contributed by atoms with Crippen LogP contribution in [-0.4, -0.2) is 22.4 Å². The first-order valence-corrected chi connectivity index (χ1v) is 7.01. The van der Waals surface area contributed by atoms with Crippen molar-refractivity contribution in [2.75, 3.05) is 12.3 Å². The number of nitrogens with one attached hydrogen (secondary N) is 2. The normalized spacial score (nSPS) is 9.88. The number of nitrogens with zero attached hydrogens (tertiary/aromatic N) is 1. The molecule has 0 amide bonds. The smallest absolute Gasteiger partial charge is 0.180 e. The molecule has 0 saturated heterocycles. The lowest BCUT2D eigenvalue weighted by molar-refractivity contribution is 0.906. The molecule has 4 nitrogen and oxygen atoms in total. The highest BCUT2D eigenvalue weighted by Crippen LogP contribution is 2.18. The third-order valence-corrected chi connectivity index (χ3v) is 3.69. The van der Waals surface area contributed by atoms with Crippen molar-refractivity contribution in [3.8, 4) is 0 Å². The van der Waals surface area contributed by atoms with Crippen molar-refractivity contribution in [2.24, 2.45) is 5.84 Å². The minimum Gasteiger partial charge on any atom is -0.361 e. The quantitative estimate of drug-likeness (QED) is 0.330. The van der Waals surface area contributed by atoms with Gasteiger partial charge in [0.1, 0.15) is 0 Å². The standard InChI is InChI=1S/C9H13BrN4S2/c10-7-2-1-3-12-8(7)6-16-5-4-13-9(15)14-11/h1-3H,4-6,11H2,(H2,13,14,15). The zero-order valence-corrected chi connectivity index (χ0v) is 11.8. The highest BCUT2D eigenvalue weighted by molar-refractivity contribution is 9.10. The number of hydrogen-bond acceptors (Lipinski definition) is 4. The molecule has 0 saturated carbocycles. The molecule has 1 aromatic rings. The summed E-state index contributed by atoms with van der Waals surface area (Å²) < 4.78 is 1.05. The highest BCUT2D eigenvalue weighted by Gasteiger charge is 2.00. The second kappa shape index (κ2) is 7.83. The summed E-state index contributed by atoms with van der Waals surface area (Å²) in [5.74, 6) is 6.95. The largest absolute Gasteiger partial charge is 0.361 e. The van der Waals surface area contributed by atoms with E-state index < -0.39 is 0 Å². The molecule has 0 atom stereocenters. The average molecular weight is 321 g/mol. The lowest BCUT2D eigenvalue weighted by Gasteiger charge is -2.06. The SMILES string of the molecule is NNC(=S)NCCSCc1ncccc1Br. The van der Waals surface area contributed by atoms with Crippen LogP contribution in [-0.2, 0) is 5.75 Å². The van der Waals surface area contributed by atoms with E-state index >= 15 is 0 Å². The molecule has 0 aliphatic rings. The summed E-state index contributed by atoms with van der Waals surface area (Å²) in [6, 6.07) is 3.90. The Balaban J connectivity index is 2.17. The van der Waals surface area contributed by atoms with E-state index in [0.29, 0.717) is 5.11 Å². The second-order valence-electron chi connectivity index (χ2n) is 2.88. The molecule has 1 rings (SSSR count). The first kappa shape index (κ1) is 13.7. The summed E-state index contributed by atoms with van der Waals surface area (Å²) >= 11 is 10.1. The summed E-state index contributed by atoms with van der Waals surface area (Å²) in [5, 5.41) is 3.45. The lowest BCUT2D eigenvalue weighted by Crippen LogP contribution is -2.40. The first-order valence-electron chi connectivity index (χ1n) is 4.65. The summed E-state index contributed by atoms with van der Waals surface area (Å²) in [5.41, 5.74) is 3.44. The minimum absolute atomic E-state index is 0.472. The molecule has 88 valence electrons. The zero-order valence-electron chi connectivity index (χ0n) is 8.57. The van der Waals surface area contributed by atoms with Crippen LogP contribution in [0.2, 0.25) is 0 Å². The summed E-state index contributed by atoms with van der Waals surface area (Å²) in [6.45, 7) is 0.790. The van der Waals surface area contributed by atoms with Gasteiger partial charge in [0.05, 0.1) is 5.69 Å². The average Bonchev–Trinajstić information content (AvgIpc) is 2.30. The van der Waals surface area contributed by atoms with Gasteiger partial charge in [-0.25, -0.2) is 5.84 Å². The van der Waals surface area contributed by atoms with Gasteiger partial charge >= 0.3 is 0 Å². The third-order valence-electron chi connectivity index (χ3n) is 1.74. The van der Waals surface area contributed by atoms with Crippen molar-refractivity contribution in [2.45, 2.75) is 5.75 Å². The van der Waals surface area contributed by atoms with Gasteiger partial charge in [0.25, 0.3) is 0 Å². The van der Waals surface area contributed by atoms with E-state index in [1.54, 1.807) is 18.0 Å². The number of hydrogen-bond donors (Lipinski definition) is 3. The molecule has 4 N–H and O–H groups in total. The van der Waals surface area contributed by atoms with E-state index in [1.807, 2.05) is 12.1 Å². The number of aromatic nitrogens is 1. The maximum Gasteiger partial charge on any atom is 0.180 e. The van der Waals surface area contributed by atoms with Gasteiger partial charge in [-0.1, -0.05) is 0 Å². The van der Waals surface area contributed by atoms with Crippen molar-refractivity contribution in [3.05, 3.63) is 28.5 Å². The monoisotopic (exact) mass is 320 g/mol. The van der Waals surface area contributed by atoms with E-state index in [2.05, 4.69) is 31.7 Å². The third kappa shape index (κ3) is 5.11. The van der Waals surface area contributed by atoms with Crippen molar-refractivity contribution in [1.29, 1.82) is 0 Å². The molecule has 0 spiro atoms. The van der Waals surface area contributed by atoms with Gasteiger partial charge in [0, 0.05) is 28.7 Å². The summed E-state index contributed by atoms with van der Waals surface area (Å²) in [4.78, 5) is 4.28. The fraction of sp³-hybridized carbons (Fsp3) is 0.333. The van der Waals surface area contributed by atoms with E-state index in [0.717, 1.165) is 28.2 Å². The van der Waals surface area contributed by atoms with Gasteiger partial charge in [0.2, 0.25) is 0 Å². The van der Waals surface area contributed by atoms with Crippen molar-refractivity contribution in [3.63, 3.8) is 0 Å². The molecule has 0 bridgehead atoms. The first-order chi connectivity index (χ1) is 7.74. The topological polar surface area (TPSA) is 63.0 Å². The molecule has 0 radical (unpaired) electrons. The molecule has 1 heterocycles. The fourth-order valence-corrected chi connectivity index (χ4v) is 2.48. The van der Waals surface area contributed by atoms with E-state index in [1.165, 1.54) is 0 Å². The molecule has 16 heavy (non-hydrogen) atoms. The molecule has 0 aliphatic heterocycles. The molecular formula is C9H13BrN4S2. The van der Waals surface area contributed by atoms with Crippen molar-refractivity contribution >= 4 is 45.0 Å². The molecule has 0 aliphatic carbocycles. The van der Waals surface area contributed by atoms with Crippen LogP contribution in [0.4, 0.5) is 0 Å². The van der Waals surface area contributed by atoms with Crippen LogP contribution in [0.1, 0.15) is 5.69 Å². The van der Waals surface area contributed by atoms with Crippen LogP contribution in [0.3, 0.4) is 0 Å². The Bertz CT molecular complexity index is 348. The van der Waals surface area contributed by atoms with Gasteiger partial charge in [0.15, 0.2) is 5.11 Å². The van der Waals surface area contributed by atoms with E-state index in [4.69, 9.17) is 18.1 Å². The van der Waals surface area contributed by atoms with Crippen LogP contribution >= 0.6 is 39.9 Å². The maximum absolute atomic E-state index is 5.12. The van der Waals surface area contributed by atoms with E-state index in [9.17, 15) is 0 Å². The van der Waals surface area contributed by atoms with Crippen LogP contribution < -0.4 is 16.6 Å². The van der Waals surface area contributed by atoms with Crippen molar-refractivity contribution < 1.29 is 0 Å². The van der Waals surface area contributed by atoms with Gasteiger partial charge < -0.3 is 10.7 Å². The van der Waals surface area contributed by atoms with Crippen LogP contribution in [0, 0.1) is 0 Å². The Kier molecular flexibility index (Phi) is 6.70. The molecule has 0 aromatic carbocycles. The summed E-state index contributed by atoms with van der Waals surface area (Å²) in [7, 11) is 0. The molecule has 0 fully saturated rings. The van der Waals surface area contributed by atoms with Crippen molar-refractivity contribution in [1.82, 2.24) is 15.7 Å². The predicted octanol–water partition coefficient (Wildman–Crippen LogP) is 1.42. The van der Waals surface area contributed by atoms with Crippen LogP contribution in [0.25, 0.3) is 0 Å². The number of rotatable bonds is 5. The molecule has 0 unspecified atom stereocenters. The fourth-order valence-electron chi connectivity index (χ4n) is 0.981. The Morgan fingerprint density at radius 1 is 1.62 bits per heavy atom. The Hall–Kier alpha value is -0.370. The molecule has 7 heteroatoms. The number of pyridine rings is 1. The Labute approximate surface area is 113 Å². The van der Waals surface area contributed by atoms with Gasteiger partial charge in [-0.15, -0.1) is 0 Å². The van der Waals surface area contributed by atoms with Gasteiger partial charge in [-0.3, -0.25) is 4.98 Å². The Morgan fingerprint density at radius 3 is 3.12 bits per heavy atom. The van der Waals surface area contributed by atoms with Gasteiger partial charge in [-0.05, 0) is 40.3 Å². The Morgan fingerprint density at radius 2 is 2.44 bits per heavy atom. The number of thiocarbonyl (C=S) groups is 1. The number of thioether (sulfide) groups is 1. The number of halogens is 1. The van der Waals surface area contributed by atoms with Crippen LogP contribution in [0.15, 0.2) is 22.8 Å². The van der Waals surface area contributed by atoms with Crippen LogP contribution in [0.5, 0.6) is 0 Å². The minimum atomic E-state index is 0.472.